The smallest absolute Gasteiger partial charge is 0.200 e. The Balaban J connectivity index is 2.23. The van der Waals surface area contributed by atoms with E-state index in [4.69, 9.17) is 10.5 Å². The van der Waals surface area contributed by atoms with Crippen LogP contribution in [0, 0.1) is 17.5 Å². The predicted octanol–water partition coefficient (Wildman–Crippen LogP) is 3.90. The van der Waals surface area contributed by atoms with E-state index in [0.717, 1.165) is 6.07 Å². The number of halogens is 4. The van der Waals surface area contributed by atoms with Crippen molar-refractivity contribution in [2.24, 2.45) is 5.73 Å². The van der Waals surface area contributed by atoms with Crippen LogP contribution in [-0.2, 0) is 13.2 Å². The molecule has 0 amide bonds. The van der Waals surface area contributed by atoms with Gasteiger partial charge in [-0.25, -0.2) is 8.78 Å². The molecule has 0 spiro atoms. The van der Waals surface area contributed by atoms with Gasteiger partial charge < -0.3 is 10.5 Å². The van der Waals surface area contributed by atoms with Gasteiger partial charge in [0.2, 0.25) is 5.82 Å². The molecule has 0 atom stereocenters. The van der Waals surface area contributed by atoms with Crippen LogP contribution in [0.3, 0.4) is 0 Å². The highest BCUT2D eigenvalue weighted by atomic mass is 79.9. The first kappa shape index (κ1) is 14.9. The van der Waals surface area contributed by atoms with Crippen molar-refractivity contribution in [3.63, 3.8) is 0 Å². The molecule has 2 aromatic rings. The number of hydrogen-bond acceptors (Lipinski definition) is 2. The summed E-state index contributed by atoms with van der Waals surface area (Å²) in [4.78, 5) is 0. The average molecular weight is 346 g/mol. The van der Waals surface area contributed by atoms with Gasteiger partial charge in [-0.05, 0) is 35.4 Å². The third kappa shape index (κ3) is 3.32. The lowest BCUT2D eigenvalue weighted by Gasteiger charge is -2.11. The van der Waals surface area contributed by atoms with Gasteiger partial charge in [-0.3, -0.25) is 0 Å². The zero-order valence-corrected chi connectivity index (χ0v) is 11.9. The van der Waals surface area contributed by atoms with Gasteiger partial charge in [-0.1, -0.05) is 22.0 Å². The lowest BCUT2D eigenvalue weighted by molar-refractivity contribution is 0.283. The molecule has 2 nitrogen and oxygen atoms in total. The second kappa shape index (κ2) is 6.28. The summed E-state index contributed by atoms with van der Waals surface area (Å²) in [5, 5.41) is 0. The Labute approximate surface area is 122 Å². The molecule has 0 heterocycles. The van der Waals surface area contributed by atoms with Crippen LogP contribution in [0.4, 0.5) is 13.2 Å². The van der Waals surface area contributed by atoms with E-state index >= 15 is 0 Å². The molecule has 0 unspecified atom stereocenters. The molecule has 0 aliphatic carbocycles. The fraction of sp³-hybridized carbons (Fsp3) is 0.143. The van der Waals surface area contributed by atoms with Crippen molar-refractivity contribution in [3.05, 3.63) is 63.4 Å². The van der Waals surface area contributed by atoms with Gasteiger partial charge in [0.1, 0.15) is 12.4 Å². The molecule has 2 rings (SSSR count). The summed E-state index contributed by atoms with van der Waals surface area (Å²) in [7, 11) is 0. The van der Waals surface area contributed by atoms with Gasteiger partial charge in [0, 0.05) is 11.0 Å². The van der Waals surface area contributed by atoms with E-state index in [2.05, 4.69) is 15.9 Å². The van der Waals surface area contributed by atoms with Gasteiger partial charge in [-0.15, -0.1) is 0 Å². The minimum atomic E-state index is -1.08. The molecule has 0 aromatic heterocycles. The largest absolute Gasteiger partial charge is 0.486 e. The first-order valence-corrected chi connectivity index (χ1v) is 6.55. The molecule has 0 fully saturated rings. The average Bonchev–Trinajstić information content (AvgIpc) is 2.41. The second-order valence-electron chi connectivity index (χ2n) is 4.11. The summed E-state index contributed by atoms with van der Waals surface area (Å²) in [5.41, 5.74) is 6.70. The minimum Gasteiger partial charge on any atom is -0.486 e. The maximum atomic E-state index is 13.5. The summed E-state index contributed by atoms with van der Waals surface area (Å²) in [6.45, 7) is 0.103. The van der Waals surface area contributed by atoms with Crippen LogP contribution < -0.4 is 10.5 Å². The van der Waals surface area contributed by atoms with Crippen molar-refractivity contribution >= 4 is 15.9 Å². The van der Waals surface area contributed by atoms with Crippen LogP contribution in [0.1, 0.15) is 11.1 Å². The van der Waals surface area contributed by atoms with Gasteiger partial charge in [-0.2, -0.15) is 4.39 Å². The fourth-order valence-corrected chi connectivity index (χ4v) is 2.13. The van der Waals surface area contributed by atoms with Crippen molar-refractivity contribution in [1.82, 2.24) is 0 Å². The summed E-state index contributed by atoms with van der Waals surface area (Å²) in [5.74, 6) is -2.79. The number of rotatable bonds is 4. The van der Waals surface area contributed by atoms with E-state index < -0.39 is 17.5 Å². The van der Waals surface area contributed by atoms with E-state index in [0.29, 0.717) is 15.6 Å². The minimum absolute atomic E-state index is 0.100. The molecule has 106 valence electrons. The monoisotopic (exact) mass is 345 g/mol. The normalized spacial score (nSPS) is 10.7. The Morgan fingerprint density at radius 1 is 1.05 bits per heavy atom. The van der Waals surface area contributed by atoms with E-state index in [-0.39, 0.29) is 18.9 Å². The Morgan fingerprint density at radius 2 is 1.80 bits per heavy atom. The van der Waals surface area contributed by atoms with Crippen LogP contribution >= 0.6 is 15.9 Å². The van der Waals surface area contributed by atoms with Gasteiger partial charge in [0.25, 0.3) is 0 Å². The summed E-state index contributed by atoms with van der Waals surface area (Å²) >= 11 is 3.05. The van der Waals surface area contributed by atoms with Crippen molar-refractivity contribution in [3.8, 4) is 5.75 Å². The zero-order chi connectivity index (χ0) is 14.7. The molecular weight excluding hydrogens is 335 g/mol. The molecule has 2 aromatic carbocycles. The van der Waals surface area contributed by atoms with Crippen LogP contribution in [0.15, 0.2) is 34.8 Å². The molecule has 0 aliphatic heterocycles. The number of benzene rings is 2. The molecule has 0 saturated carbocycles. The van der Waals surface area contributed by atoms with E-state index in [1.54, 1.807) is 0 Å². The molecule has 0 aliphatic rings. The Kier molecular flexibility index (Phi) is 4.67. The molecular formula is C14H11BrF3NO. The quantitative estimate of drug-likeness (QED) is 0.853. The standard InChI is InChI=1S/C14H11BrF3NO/c15-10-4-12(17)14(18)13(5-10)20-7-9-3-11(16)2-1-8(9)6-19/h1-5H,6-7,19H2. The third-order valence-electron chi connectivity index (χ3n) is 2.73. The number of nitrogens with two attached hydrogens (primary N) is 1. The number of ether oxygens (including phenoxy) is 1. The summed E-state index contributed by atoms with van der Waals surface area (Å²) in [6.07, 6.45) is 0. The van der Waals surface area contributed by atoms with E-state index in [9.17, 15) is 13.2 Å². The van der Waals surface area contributed by atoms with Crippen LogP contribution in [-0.4, -0.2) is 0 Å². The molecule has 0 radical (unpaired) electrons. The van der Waals surface area contributed by atoms with Crippen LogP contribution in [0.5, 0.6) is 5.75 Å². The molecule has 0 bridgehead atoms. The van der Waals surface area contributed by atoms with Crippen molar-refractivity contribution in [2.75, 3.05) is 0 Å². The molecule has 20 heavy (non-hydrogen) atoms. The Morgan fingerprint density at radius 3 is 2.50 bits per heavy atom. The Bertz CT molecular complexity index is 634. The van der Waals surface area contributed by atoms with Crippen molar-refractivity contribution < 1.29 is 17.9 Å². The summed E-state index contributed by atoms with van der Waals surface area (Å²) < 4.78 is 45.5. The van der Waals surface area contributed by atoms with Crippen molar-refractivity contribution in [1.29, 1.82) is 0 Å². The van der Waals surface area contributed by atoms with Crippen LogP contribution in [0.25, 0.3) is 0 Å². The van der Waals surface area contributed by atoms with E-state index in [1.807, 2.05) is 0 Å². The maximum absolute atomic E-state index is 13.5. The molecule has 6 heteroatoms. The van der Waals surface area contributed by atoms with E-state index in [1.165, 1.54) is 24.3 Å². The lowest BCUT2D eigenvalue weighted by atomic mass is 10.1. The SMILES string of the molecule is NCc1ccc(F)cc1COc1cc(Br)cc(F)c1F. The highest BCUT2D eigenvalue weighted by Crippen LogP contribution is 2.26. The zero-order valence-electron chi connectivity index (χ0n) is 10.3. The second-order valence-corrected chi connectivity index (χ2v) is 5.02. The van der Waals surface area contributed by atoms with Crippen LogP contribution in [0.2, 0.25) is 0 Å². The Hall–Kier alpha value is -1.53. The first-order valence-electron chi connectivity index (χ1n) is 5.76. The highest BCUT2D eigenvalue weighted by Gasteiger charge is 2.12. The maximum Gasteiger partial charge on any atom is 0.200 e. The predicted molar refractivity (Wildman–Crippen MR) is 72.7 cm³/mol. The van der Waals surface area contributed by atoms with Gasteiger partial charge in [0.05, 0.1) is 0 Å². The third-order valence-corrected chi connectivity index (χ3v) is 3.19. The van der Waals surface area contributed by atoms with Crippen molar-refractivity contribution in [2.45, 2.75) is 13.2 Å². The highest BCUT2D eigenvalue weighted by molar-refractivity contribution is 9.10. The molecule has 2 N–H and O–H groups in total. The lowest BCUT2D eigenvalue weighted by Crippen LogP contribution is -2.06. The number of hydrogen-bond donors (Lipinski definition) is 1. The fourth-order valence-electron chi connectivity index (χ4n) is 1.72. The topological polar surface area (TPSA) is 35.2 Å². The van der Waals surface area contributed by atoms with Gasteiger partial charge >= 0.3 is 0 Å². The van der Waals surface area contributed by atoms with Gasteiger partial charge in [0.15, 0.2) is 11.6 Å². The first-order chi connectivity index (χ1) is 9.51. The summed E-state index contributed by atoms with van der Waals surface area (Å²) in [6, 6.07) is 6.38. The molecule has 0 saturated heterocycles.